The van der Waals surface area contributed by atoms with Gasteiger partial charge in [0.05, 0.1) is 35.5 Å². The van der Waals surface area contributed by atoms with Crippen molar-refractivity contribution < 1.29 is 47.6 Å². The minimum Gasteiger partial charge on any atom is -0.493 e. The van der Waals surface area contributed by atoms with Crippen molar-refractivity contribution in [2.45, 2.75) is 50.9 Å². The molecule has 0 saturated heterocycles. The monoisotopic (exact) mass is 754 g/mol. The van der Waals surface area contributed by atoms with E-state index >= 15 is 0 Å². The standard InChI is InChI=1S/C33H34F3IN2O7/c1-19-3-5-20(6-4-19)17-39(32(44)22-7-9-24(10-8-22)33(34,35)36)26-15-23(31(43)38-11-12-40)16-27(29(26)42)46-30-25(37)13-21(18-41)14-28(30)45-2/h3-10,13-14,16,26-27,29,40-42H,11-12,15,17-18H2,1-2H3,(H,38,43)/t26-,27+,29+/m1/s1. The number of ether oxygens (including phenoxy) is 2. The van der Waals surface area contributed by atoms with E-state index in [1.165, 1.54) is 18.1 Å². The summed E-state index contributed by atoms with van der Waals surface area (Å²) in [6.45, 7) is 1.25. The summed E-state index contributed by atoms with van der Waals surface area (Å²) in [7, 11) is 1.41. The molecular formula is C33H34F3IN2O7. The van der Waals surface area contributed by atoms with Gasteiger partial charge in [0.25, 0.3) is 5.91 Å². The van der Waals surface area contributed by atoms with Crippen LogP contribution in [0.2, 0.25) is 0 Å². The first kappa shape index (κ1) is 35.2. The van der Waals surface area contributed by atoms with E-state index in [9.17, 15) is 38.1 Å². The zero-order valence-corrected chi connectivity index (χ0v) is 27.2. The van der Waals surface area contributed by atoms with Crippen molar-refractivity contribution in [2.75, 3.05) is 20.3 Å². The second-order valence-corrected chi connectivity index (χ2v) is 11.9. The van der Waals surface area contributed by atoms with E-state index in [1.54, 1.807) is 24.3 Å². The highest BCUT2D eigenvalue weighted by Gasteiger charge is 2.41. The van der Waals surface area contributed by atoms with Crippen molar-refractivity contribution in [3.63, 3.8) is 0 Å². The molecule has 0 radical (unpaired) electrons. The SMILES string of the molecule is COc1cc(CO)cc(I)c1O[C@H]1C=C(C(=O)NCCO)C[C@@H](N(Cc2ccc(C)cc2)C(=O)c2ccc(C(F)(F)F)cc2)[C@@H]1O. The third-order valence-electron chi connectivity index (χ3n) is 7.53. The summed E-state index contributed by atoms with van der Waals surface area (Å²) in [6.07, 6.45) is -5.86. The Morgan fingerprint density at radius 2 is 1.72 bits per heavy atom. The van der Waals surface area contributed by atoms with Crippen LogP contribution in [0, 0.1) is 10.5 Å². The summed E-state index contributed by atoms with van der Waals surface area (Å²) in [5, 5.41) is 33.3. The van der Waals surface area contributed by atoms with Crippen LogP contribution in [0.25, 0.3) is 0 Å². The third-order valence-corrected chi connectivity index (χ3v) is 8.34. The highest BCUT2D eigenvalue weighted by atomic mass is 127. The number of carbonyl (C=O) groups is 2. The Bertz CT molecular complexity index is 1560. The normalized spacial score (nSPS) is 18.0. The number of aliphatic hydroxyl groups is 3. The van der Waals surface area contributed by atoms with Gasteiger partial charge < -0.3 is 35.0 Å². The molecule has 0 heterocycles. The first-order valence-corrected chi connectivity index (χ1v) is 15.4. The van der Waals surface area contributed by atoms with E-state index in [4.69, 9.17) is 9.47 Å². The number of alkyl halides is 3. The lowest BCUT2D eigenvalue weighted by Gasteiger charge is -2.40. The fourth-order valence-electron chi connectivity index (χ4n) is 5.09. The highest BCUT2D eigenvalue weighted by Crippen LogP contribution is 2.38. The van der Waals surface area contributed by atoms with E-state index in [0.29, 0.717) is 14.7 Å². The van der Waals surface area contributed by atoms with Gasteiger partial charge >= 0.3 is 6.18 Å². The molecule has 0 saturated carbocycles. The minimum atomic E-state index is -4.59. The van der Waals surface area contributed by atoms with Gasteiger partial charge in [0.1, 0.15) is 12.2 Å². The van der Waals surface area contributed by atoms with Crippen molar-refractivity contribution in [1.82, 2.24) is 10.2 Å². The maximum absolute atomic E-state index is 14.1. The van der Waals surface area contributed by atoms with Crippen LogP contribution in [0.5, 0.6) is 11.5 Å². The number of nitrogens with one attached hydrogen (secondary N) is 1. The number of methoxy groups -OCH3 is 1. The first-order chi connectivity index (χ1) is 21.9. The van der Waals surface area contributed by atoms with Gasteiger partial charge in [-0.3, -0.25) is 9.59 Å². The van der Waals surface area contributed by atoms with E-state index in [0.717, 1.165) is 29.8 Å². The van der Waals surface area contributed by atoms with Crippen LogP contribution < -0.4 is 14.8 Å². The average molecular weight is 755 g/mol. The van der Waals surface area contributed by atoms with Crippen molar-refractivity contribution in [1.29, 1.82) is 0 Å². The fourth-order valence-corrected chi connectivity index (χ4v) is 5.88. The molecule has 13 heteroatoms. The number of aliphatic hydroxyl groups excluding tert-OH is 3. The molecule has 9 nitrogen and oxygen atoms in total. The number of benzene rings is 3. The second kappa shape index (κ2) is 15.3. The zero-order chi connectivity index (χ0) is 33.6. The Hall–Kier alpha value is -3.66. The molecule has 3 atom stereocenters. The predicted molar refractivity (Wildman–Crippen MR) is 171 cm³/mol. The number of nitrogens with zero attached hydrogens (tertiary/aromatic N) is 1. The second-order valence-electron chi connectivity index (χ2n) is 10.8. The molecule has 0 bridgehead atoms. The van der Waals surface area contributed by atoms with Gasteiger partial charge in [-0.1, -0.05) is 29.8 Å². The summed E-state index contributed by atoms with van der Waals surface area (Å²) in [4.78, 5) is 28.6. The number of rotatable bonds is 11. The third kappa shape index (κ3) is 8.37. The molecule has 46 heavy (non-hydrogen) atoms. The van der Waals surface area contributed by atoms with Gasteiger partial charge in [-0.15, -0.1) is 0 Å². The molecular weight excluding hydrogens is 720 g/mol. The summed E-state index contributed by atoms with van der Waals surface area (Å²) in [6, 6.07) is 13.3. The lowest BCUT2D eigenvalue weighted by Crippen LogP contribution is -2.54. The molecule has 1 aliphatic rings. The van der Waals surface area contributed by atoms with Gasteiger partial charge in [-0.25, -0.2) is 0 Å². The Morgan fingerprint density at radius 3 is 2.30 bits per heavy atom. The van der Waals surface area contributed by atoms with Crippen LogP contribution >= 0.6 is 22.6 Å². The molecule has 2 amide bonds. The number of hydrogen-bond acceptors (Lipinski definition) is 7. The molecule has 4 N–H and O–H groups in total. The number of hydrogen-bond donors (Lipinski definition) is 4. The molecule has 4 rings (SSSR count). The van der Waals surface area contributed by atoms with Gasteiger partial charge in [0.2, 0.25) is 5.91 Å². The molecule has 0 aromatic heterocycles. The smallest absolute Gasteiger partial charge is 0.416 e. The highest BCUT2D eigenvalue weighted by molar-refractivity contribution is 14.1. The largest absolute Gasteiger partial charge is 0.493 e. The van der Waals surface area contributed by atoms with Crippen LogP contribution in [-0.4, -0.2) is 70.5 Å². The average Bonchev–Trinajstić information content (AvgIpc) is 3.04. The summed E-state index contributed by atoms with van der Waals surface area (Å²) >= 11 is 1.99. The number of carbonyl (C=O) groups excluding carboxylic acids is 2. The molecule has 3 aromatic carbocycles. The minimum absolute atomic E-state index is 0.0355. The van der Waals surface area contributed by atoms with Crippen molar-refractivity contribution >= 4 is 34.4 Å². The fraction of sp³-hybridized carbons (Fsp3) is 0.333. The maximum Gasteiger partial charge on any atom is 0.416 e. The Morgan fingerprint density at radius 1 is 1.04 bits per heavy atom. The maximum atomic E-state index is 14.1. The molecule has 0 aliphatic heterocycles. The molecule has 0 fully saturated rings. The van der Waals surface area contributed by atoms with Crippen LogP contribution in [-0.2, 0) is 24.1 Å². The molecule has 1 aliphatic carbocycles. The van der Waals surface area contributed by atoms with Crippen LogP contribution in [0.4, 0.5) is 13.2 Å². The first-order valence-electron chi connectivity index (χ1n) is 14.3. The van der Waals surface area contributed by atoms with Crippen LogP contribution in [0.1, 0.15) is 39.0 Å². The zero-order valence-electron chi connectivity index (χ0n) is 25.1. The van der Waals surface area contributed by atoms with Crippen molar-refractivity contribution in [2.24, 2.45) is 0 Å². The Balaban J connectivity index is 1.78. The lowest BCUT2D eigenvalue weighted by molar-refractivity contribution is -0.137. The molecule has 0 spiro atoms. The quantitative estimate of drug-likeness (QED) is 0.214. The molecule has 246 valence electrons. The predicted octanol–water partition coefficient (Wildman–Crippen LogP) is 4.38. The van der Waals surface area contributed by atoms with Crippen LogP contribution in [0.15, 0.2) is 72.3 Å². The van der Waals surface area contributed by atoms with Crippen LogP contribution in [0.3, 0.4) is 0 Å². The Kier molecular flexibility index (Phi) is 11.7. The van der Waals surface area contributed by atoms with Gasteiger partial charge in [-0.2, -0.15) is 13.2 Å². The van der Waals surface area contributed by atoms with E-state index in [2.05, 4.69) is 5.32 Å². The number of halogens is 4. The number of aryl methyl sites for hydroxylation is 1. The van der Waals surface area contributed by atoms with Crippen molar-refractivity contribution in [3.05, 3.63) is 104 Å². The van der Waals surface area contributed by atoms with Gasteiger partial charge in [-0.05, 0) is 83.1 Å². The summed E-state index contributed by atoms with van der Waals surface area (Å²) in [5.74, 6) is -0.708. The lowest BCUT2D eigenvalue weighted by atomic mass is 9.87. The Labute approximate surface area is 277 Å². The molecule has 0 unspecified atom stereocenters. The van der Waals surface area contributed by atoms with E-state index in [1.807, 2.05) is 41.6 Å². The van der Waals surface area contributed by atoms with E-state index in [-0.39, 0.29) is 55.4 Å². The summed E-state index contributed by atoms with van der Waals surface area (Å²) < 4.78 is 52.1. The van der Waals surface area contributed by atoms with E-state index < -0.39 is 41.8 Å². The van der Waals surface area contributed by atoms with Gasteiger partial charge in [0, 0.05) is 30.6 Å². The summed E-state index contributed by atoms with van der Waals surface area (Å²) in [5.41, 5.74) is 1.43. The molecule has 3 aromatic rings. The van der Waals surface area contributed by atoms with Crippen molar-refractivity contribution in [3.8, 4) is 11.5 Å². The topological polar surface area (TPSA) is 129 Å². The van der Waals surface area contributed by atoms with Gasteiger partial charge in [0.15, 0.2) is 11.5 Å². The number of amides is 2.